The van der Waals surface area contributed by atoms with Gasteiger partial charge in [-0.3, -0.25) is 4.79 Å². The summed E-state index contributed by atoms with van der Waals surface area (Å²) in [6.45, 7) is 6.63. The summed E-state index contributed by atoms with van der Waals surface area (Å²) in [6, 6.07) is 0. The van der Waals surface area contributed by atoms with Crippen molar-refractivity contribution in [1.82, 2.24) is 0 Å². The van der Waals surface area contributed by atoms with Crippen molar-refractivity contribution in [3.05, 3.63) is 12.3 Å². The van der Waals surface area contributed by atoms with Crippen LogP contribution >= 0.6 is 0 Å². The fourth-order valence-corrected chi connectivity index (χ4v) is 5.05. The van der Waals surface area contributed by atoms with Gasteiger partial charge in [-0.05, 0) is 31.3 Å². The maximum absolute atomic E-state index is 12.3. The Morgan fingerprint density at radius 3 is 1.23 bits per heavy atom. The highest BCUT2D eigenvalue weighted by atomic mass is 16.5. The molecule has 0 aliphatic carbocycles. The van der Waals surface area contributed by atoms with E-state index in [0.29, 0.717) is 12.3 Å². The van der Waals surface area contributed by atoms with Crippen LogP contribution in [-0.2, 0) is 9.53 Å². The summed E-state index contributed by atoms with van der Waals surface area (Å²) < 4.78 is 5.31. The predicted molar refractivity (Wildman–Crippen MR) is 156 cm³/mol. The molecule has 208 valence electrons. The minimum Gasteiger partial charge on any atom is -0.435 e. The minimum atomic E-state index is -0.0364. The van der Waals surface area contributed by atoms with Crippen LogP contribution in [0.2, 0.25) is 0 Å². The van der Waals surface area contributed by atoms with E-state index in [1.807, 2.05) is 6.08 Å². The maximum Gasteiger partial charge on any atom is 0.310 e. The summed E-state index contributed by atoms with van der Waals surface area (Å²) in [5.41, 5.74) is 0. The molecule has 0 aromatic rings. The van der Waals surface area contributed by atoms with Gasteiger partial charge in [-0.25, -0.2) is 0 Å². The van der Waals surface area contributed by atoms with Gasteiger partial charge in [0, 0.05) is 6.42 Å². The molecule has 0 aromatic heterocycles. The summed E-state index contributed by atoms with van der Waals surface area (Å²) in [5, 5.41) is 0. The molecule has 2 nitrogen and oxygen atoms in total. The van der Waals surface area contributed by atoms with Gasteiger partial charge in [-0.2, -0.15) is 0 Å². The molecule has 0 aliphatic heterocycles. The Morgan fingerprint density at radius 2 is 0.886 bits per heavy atom. The molecular formula is C33H64O2. The van der Waals surface area contributed by atoms with Gasteiger partial charge in [0.15, 0.2) is 0 Å². The third-order valence-electron chi connectivity index (χ3n) is 7.42. The van der Waals surface area contributed by atoms with Gasteiger partial charge < -0.3 is 4.74 Å². The van der Waals surface area contributed by atoms with Crippen molar-refractivity contribution in [3.63, 3.8) is 0 Å². The van der Waals surface area contributed by atoms with Gasteiger partial charge in [0.2, 0.25) is 0 Å². The Kier molecular flexibility index (Phi) is 28.8. The molecule has 0 rings (SSSR count). The van der Waals surface area contributed by atoms with Crippen LogP contribution in [0.5, 0.6) is 0 Å². The first-order valence-electron chi connectivity index (χ1n) is 16.1. The van der Waals surface area contributed by atoms with E-state index in [-0.39, 0.29) is 5.97 Å². The molecule has 0 aromatic carbocycles. The van der Waals surface area contributed by atoms with Gasteiger partial charge in [0.25, 0.3) is 0 Å². The first kappa shape index (κ1) is 34.2. The topological polar surface area (TPSA) is 26.3 Å². The molecule has 2 heteroatoms. The number of hydrogen-bond donors (Lipinski definition) is 0. The van der Waals surface area contributed by atoms with E-state index < -0.39 is 0 Å². The number of ether oxygens (including phenoxy) is 1. The number of carbonyl (C=O) groups is 1. The van der Waals surface area contributed by atoms with Crippen LogP contribution in [0.4, 0.5) is 0 Å². The lowest BCUT2D eigenvalue weighted by Crippen LogP contribution is -2.10. The van der Waals surface area contributed by atoms with Crippen molar-refractivity contribution < 1.29 is 9.53 Å². The van der Waals surface area contributed by atoms with Crippen LogP contribution in [-0.4, -0.2) is 5.97 Å². The van der Waals surface area contributed by atoms with Gasteiger partial charge in [0.05, 0.1) is 6.26 Å². The predicted octanol–water partition coefficient (Wildman–Crippen LogP) is 11.9. The van der Waals surface area contributed by atoms with E-state index in [9.17, 15) is 4.79 Å². The van der Waals surface area contributed by atoms with Gasteiger partial charge in [-0.1, -0.05) is 162 Å². The molecule has 0 spiro atoms. The molecule has 0 saturated heterocycles. The van der Waals surface area contributed by atoms with Gasteiger partial charge in [0.1, 0.15) is 0 Å². The minimum absolute atomic E-state index is 0.0364. The summed E-state index contributed by atoms with van der Waals surface area (Å²) >= 11 is 0. The quantitative estimate of drug-likeness (QED) is 0.0616. The Morgan fingerprint density at radius 1 is 0.543 bits per heavy atom. The normalized spacial score (nSPS) is 12.4. The van der Waals surface area contributed by atoms with Crippen molar-refractivity contribution >= 4 is 5.97 Å². The molecule has 0 amide bonds. The summed E-state index contributed by atoms with van der Waals surface area (Å²) in [4.78, 5) is 12.3. The van der Waals surface area contributed by atoms with Crippen LogP contribution < -0.4 is 0 Å². The van der Waals surface area contributed by atoms with Gasteiger partial charge >= 0.3 is 5.97 Å². The zero-order valence-electron chi connectivity index (χ0n) is 24.4. The highest BCUT2D eigenvalue weighted by molar-refractivity contribution is 5.70. The van der Waals surface area contributed by atoms with Crippen molar-refractivity contribution in [2.45, 2.75) is 188 Å². The second-order valence-corrected chi connectivity index (χ2v) is 11.0. The SMILES string of the molecule is CC/C=C/OC(=O)CC(CCCCCCCCCCCC)CCCCCCCCCCCCCC. The van der Waals surface area contributed by atoms with E-state index in [0.717, 1.165) is 6.42 Å². The van der Waals surface area contributed by atoms with E-state index >= 15 is 0 Å². The highest BCUT2D eigenvalue weighted by Crippen LogP contribution is 2.23. The zero-order valence-corrected chi connectivity index (χ0v) is 24.4. The Bertz CT molecular complexity index is 442. The smallest absolute Gasteiger partial charge is 0.310 e. The molecule has 0 bridgehead atoms. The largest absolute Gasteiger partial charge is 0.435 e. The van der Waals surface area contributed by atoms with Crippen LogP contribution in [0.1, 0.15) is 188 Å². The van der Waals surface area contributed by atoms with Crippen molar-refractivity contribution in [3.8, 4) is 0 Å². The average Bonchev–Trinajstić information content (AvgIpc) is 2.85. The Hall–Kier alpha value is -0.790. The number of carbonyl (C=O) groups excluding carboxylic acids is 1. The van der Waals surface area contributed by atoms with Crippen molar-refractivity contribution in [1.29, 1.82) is 0 Å². The second-order valence-electron chi connectivity index (χ2n) is 11.0. The Labute approximate surface area is 221 Å². The third kappa shape index (κ3) is 27.6. The second kappa shape index (κ2) is 29.4. The van der Waals surface area contributed by atoms with Crippen LogP contribution in [0, 0.1) is 5.92 Å². The first-order valence-corrected chi connectivity index (χ1v) is 16.1. The third-order valence-corrected chi connectivity index (χ3v) is 7.42. The lowest BCUT2D eigenvalue weighted by molar-refractivity contribution is -0.139. The van der Waals surface area contributed by atoms with Crippen molar-refractivity contribution in [2.24, 2.45) is 5.92 Å². The lowest BCUT2D eigenvalue weighted by Gasteiger charge is -2.16. The summed E-state index contributed by atoms with van der Waals surface area (Å²) in [7, 11) is 0. The van der Waals surface area contributed by atoms with E-state index in [1.54, 1.807) is 6.26 Å². The number of hydrogen-bond acceptors (Lipinski definition) is 2. The number of esters is 1. The van der Waals surface area contributed by atoms with E-state index in [1.165, 1.54) is 154 Å². The number of rotatable bonds is 28. The Balaban J connectivity index is 3.91. The molecule has 0 heterocycles. The molecule has 1 atom stereocenters. The first-order chi connectivity index (χ1) is 17.2. The summed E-state index contributed by atoms with van der Waals surface area (Å²) in [6.07, 6.45) is 37.8. The molecule has 0 aliphatic rings. The van der Waals surface area contributed by atoms with Gasteiger partial charge in [-0.15, -0.1) is 0 Å². The molecule has 0 fully saturated rings. The molecule has 0 saturated carbocycles. The van der Waals surface area contributed by atoms with Crippen molar-refractivity contribution in [2.75, 3.05) is 0 Å². The maximum atomic E-state index is 12.3. The zero-order chi connectivity index (χ0) is 25.7. The molecule has 0 N–H and O–H groups in total. The fraction of sp³-hybridized carbons (Fsp3) is 0.909. The fourth-order valence-electron chi connectivity index (χ4n) is 5.05. The molecule has 35 heavy (non-hydrogen) atoms. The lowest BCUT2D eigenvalue weighted by atomic mass is 9.91. The highest BCUT2D eigenvalue weighted by Gasteiger charge is 2.14. The molecule has 0 radical (unpaired) electrons. The van der Waals surface area contributed by atoms with Crippen LogP contribution in [0.3, 0.4) is 0 Å². The van der Waals surface area contributed by atoms with E-state index in [2.05, 4.69) is 20.8 Å². The molecular weight excluding hydrogens is 428 g/mol. The standard InChI is InChI=1S/C33H64O2/c1-4-7-10-12-14-16-18-19-21-23-25-27-29-32(31-33(34)35-30-9-6-3)28-26-24-22-20-17-15-13-11-8-5-2/h9,30,32H,4-8,10-29,31H2,1-3H3/b30-9+. The van der Waals surface area contributed by atoms with E-state index in [4.69, 9.17) is 4.74 Å². The average molecular weight is 493 g/mol. The van der Waals surface area contributed by atoms with Crippen LogP contribution in [0.15, 0.2) is 12.3 Å². The monoisotopic (exact) mass is 492 g/mol. The summed E-state index contributed by atoms with van der Waals surface area (Å²) in [5.74, 6) is 0.473. The number of allylic oxidation sites excluding steroid dienone is 1. The number of unbranched alkanes of at least 4 members (excludes halogenated alkanes) is 20. The molecule has 1 unspecified atom stereocenters. The van der Waals surface area contributed by atoms with Crippen LogP contribution in [0.25, 0.3) is 0 Å².